The summed E-state index contributed by atoms with van der Waals surface area (Å²) in [6, 6.07) is 0. The summed E-state index contributed by atoms with van der Waals surface area (Å²) in [5, 5.41) is 9.35. The topological polar surface area (TPSA) is 67.2 Å². The van der Waals surface area contributed by atoms with Crippen LogP contribution in [0, 0.1) is 39.4 Å². The molecule has 37 heavy (non-hydrogen) atoms. The molecule has 1 N–H and O–H groups in total. The van der Waals surface area contributed by atoms with E-state index in [9.17, 15) is 15.0 Å². The van der Waals surface area contributed by atoms with Gasteiger partial charge < -0.3 is 10.1 Å². The van der Waals surface area contributed by atoms with Crippen LogP contribution in [0.5, 0.6) is 0 Å². The molecule has 0 saturated heterocycles. The SMILES string of the molecule is C=CC12CCC(=C)C=C1CCC1C2CC[C@@]2(CC)C1CC[C@]2(CC(=O)CCC)C(=N)COC(=O)CCC. The van der Waals surface area contributed by atoms with E-state index in [4.69, 9.17) is 4.74 Å². The van der Waals surface area contributed by atoms with Crippen LogP contribution in [0.15, 0.2) is 36.5 Å². The van der Waals surface area contributed by atoms with Crippen LogP contribution in [0.4, 0.5) is 0 Å². The van der Waals surface area contributed by atoms with Gasteiger partial charge in [0.2, 0.25) is 0 Å². The first-order chi connectivity index (χ1) is 17.7. The Morgan fingerprint density at radius 1 is 1.05 bits per heavy atom. The Hall–Kier alpha value is -1.97. The van der Waals surface area contributed by atoms with Gasteiger partial charge in [0, 0.05) is 30.1 Å². The van der Waals surface area contributed by atoms with E-state index < -0.39 is 5.41 Å². The molecule has 0 radical (unpaired) electrons. The van der Waals surface area contributed by atoms with Crippen LogP contribution in [0.3, 0.4) is 0 Å². The van der Waals surface area contributed by atoms with Crippen LogP contribution >= 0.6 is 0 Å². The zero-order chi connectivity index (χ0) is 26.8. The molecule has 4 aliphatic carbocycles. The molecule has 0 aliphatic heterocycles. The Labute approximate surface area is 224 Å². The van der Waals surface area contributed by atoms with Gasteiger partial charge in [0.15, 0.2) is 0 Å². The lowest BCUT2D eigenvalue weighted by molar-refractivity contribution is -0.142. The van der Waals surface area contributed by atoms with E-state index >= 15 is 0 Å². The third kappa shape index (κ3) is 4.51. The summed E-state index contributed by atoms with van der Waals surface area (Å²) in [5.74, 6) is 1.71. The molecule has 4 unspecified atom stereocenters. The van der Waals surface area contributed by atoms with E-state index in [-0.39, 0.29) is 29.2 Å². The molecular weight excluding hydrogens is 458 g/mol. The molecule has 0 spiro atoms. The number of rotatable bonds is 11. The summed E-state index contributed by atoms with van der Waals surface area (Å²) < 4.78 is 5.61. The largest absolute Gasteiger partial charge is 0.460 e. The molecule has 0 aromatic heterocycles. The van der Waals surface area contributed by atoms with Gasteiger partial charge in [-0.1, -0.05) is 50.6 Å². The van der Waals surface area contributed by atoms with Crippen molar-refractivity contribution in [3.05, 3.63) is 36.5 Å². The van der Waals surface area contributed by atoms with Gasteiger partial charge in [-0.2, -0.15) is 0 Å². The summed E-state index contributed by atoms with van der Waals surface area (Å²) in [5.41, 5.74) is 2.80. The van der Waals surface area contributed by atoms with E-state index in [0.29, 0.717) is 42.7 Å². The molecule has 204 valence electrons. The first kappa shape index (κ1) is 28.0. The number of fused-ring (bicyclic) bond motifs is 5. The second-order valence-corrected chi connectivity index (χ2v) is 12.5. The van der Waals surface area contributed by atoms with Crippen molar-refractivity contribution in [1.82, 2.24) is 0 Å². The number of Topliss-reactive ketones (excluding diaryl/α,β-unsaturated/α-hetero) is 1. The zero-order valence-electron chi connectivity index (χ0n) is 23.6. The van der Waals surface area contributed by atoms with E-state index in [1.807, 2.05) is 6.92 Å². The maximum absolute atomic E-state index is 13.2. The minimum Gasteiger partial charge on any atom is -0.460 e. The van der Waals surface area contributed by atoms with E-state index in [2.05, 4.69) is 39.2 Å². The summed E-state index contributed by atoms with van der Waals surface area (Å²) in [6.45, 7) is 15.0. The fraction of sp³-hybridized carbons (Fsp3) is 0.727. The van der Waals surface area contributed by atoms with Crippen LogP contribution in [0.1, 0.15) is 111 Å². The van der Waals surface area contributed by atoms with Gasteiger partial charge in [-0.3, -0.25) is 9.59 Å². The smallest absolute Gasteiger partial charge is 0.306 e. The van der Waals surface area contributed by atoms with Gasteiger partial charge >= 0.3 is 5.97 Å². The van der Waals surface area contributed by atoms with Gasteiger partial charge in [-0.25, -0.2) is 0 Å². The van der Waals surface area contributed by atoms with Gasteiger partial charge in [-0.15, -0.1) is 6.58 Å². The maximum atomic E-state index is 13.2. The van der Waals surface area contributed by atoms with E-state index in [1.165, 1.54) is 12.0 Å². The van der Waals surface area contributed by atoms with Crippen molar-refractivity contribution in [3.63, 3.8) is 0 Å². The van der Waals surface area contributed by atoms with Crippen molar-refractivity contribution in [2.24, 2.45) is 34.0 Å². The number of hydrogen-bond donors (Lipinski definition) is 1. The molecule has 0 bridgehead atoms. The number of nitrogens with one attached hydrogen (secondary N) is 1. The normalized spacial score (nSPS) is 36.6. The Bertz CT molecular complexity index is 978. The third-order valence-electron chi connectivity index (χ3n) is 11.2. The second-order valence-electron chi connectivity index (χ2n) is 12.5. The second kappa shape index (κ2) is 11.0. The van der Waals surface area contributed by atoms with Crippen LogP contribution in [-0.4, -0.2) is 24.1 Å². The minimum absolute atomic E-state index is 0.0341. The molecule has 4 aliphatic rings. The molecular formula is C33H49NO3. The minimum atomic E-state index is -0.492. The van der Waals surface area contributed by atoms with Crippen molar-refractivity contribution >= 4 is 17.5 Å². The van der Waals surface area contributed by atoms with Gasteiger partial charge in [0.25, 0.3) is 0 Å². The lowest BCUT2D eigenvalue weighted by atomic mass is 9.43. The fourth-order valence-electron chi connectivity index (χ4n) is 9.57. The number of carbonyl (C=O) groups is 2. The lowest BCUT2D eigenvalue weighted by Crippen LogP contribution is -2.56. The predicted octanol–water partition coefficient (Wildman–Crippen LogP) is 8.17. The molecule has 4 heteroatoms. The molecule has 4 rings (SSSR count). The number of hydrogen-bond acceptors (Lipinski definition) is 4. The summed E-state index contributed by atoms with van der Waals surface area (Å²) in [6.07, 6.45) is 17.1. The van der Waals surface area contributed by atoms with Crippen LogP contribution in [0.2, 0.25) is 0 Å². The number of allylic oxidation sites excluding steroid dienone is 4. The molecule has 3 saturated carbocycles. The van der Waals surface area contributed by atoms with Gasteiger partial charge in [0.1, 0.15) is 12.4 Å². The summed E-state index contributed by atoms with van der Waals surface area (Å²) >= 11 is 0. The van der Waals surface area contributed by atoms with Crippen LogP contribution < -0.4 is 0 Å². The number of ether oxygens (including phenoxy) is 1. The fourth-order valence-corrected chi connectivity index (χ4v) is 9.57. The average Bonchev–Trinajstić information content (AvgIpc) is 3.22. The van der Waals surface area contributed by atoms with Crippen LogP contribution in [-0.2, 0) is 14.3 Å². The summed E-state index contributed by atoms with van der Waals surface area (Å²) in [7, 11) is 0. The molecule has 0 aromatic carbocycles. The molecule has 4 nitrogen and oxygen atoms in total. The number of esters is 1. The van der Waals surface area contributed by atoms with E-state index in [0.717, 1.165) is 64.2 Å². The van der Waals surface area contributed by atoms with E-state index in [1.54, 1.807) is 5.57 Å². The number of ketones is 1. The monoisotopic (exact) mass is 507 g/mol. The van der Waals surface area contributed by atoms with Crippen molar-refractivity contribution in [2.75, 3.05) is 6.61 Å². The Morgan fingerprint density at radius 2 is 1.78 bits per heavy atom. The molecule has 0 heterocycles. The predicted molar refractivity (Wildman–Crippen MR) is 151 cm³/mol. The Morgan fingerprint density at radius 3 is 2.46 bits per heavy atom. The highest BCUT2D eigenvalue weighted by Gasteiger charge is 2.67. The van der Waals surface area contributed by atoms with Crippen LogP contribution in [0.25, 0.3) is 0 Å². The van der Waals surface area contributed by atoms with Crippen molar-refractivity contribution in [2.45, 2.75) is 111 Å². The van der Waals surface area contributed by atoms with Gasteiger partial charge in [-0.05, 0) is 93.8 Å². The molecule has 3 fully saturated rings. The highest BCUT2D eigenvalue weighted by Crippen LogP contribution is 2.72. The molecule has 0 aromatic rings. The lowest BCUT2D eigenvalue weighted by Gasteiger charge is -2.61. The van der Waals surface area contributed by atoms with Crippen molar-refractivity contribution in [1.29, 1.82) is 5.41 Å². The van der Waals surface area contributed by atoms with Crippen molar-refractivity contribution in [3.8, 4) is 0 Å². The quantitative estimate of drug-likeness (QED) is 0.174. The maximum Gasteiger partial charge on any atom is 0.306 e. The Kier molecular flexibility index (Phi) is 8.36. The zero-order valence-corrected chi connectivity index (χ0v) is 23.6. The Balaban J connectivity index is 1.69. The average molecular weight is 508 g/mol. The molecule has 0 amide bonds. The highest BCUT2D eigenvalue weighted by molar-refractivity contribution is 5.95. The first-order valence-corrected chi connectivity index (χ1v) is 15.0. The first-order valence-electron chi connectivity index (χ1n) is 15.0. The summed E-state index contributed by atoms with van der Waals surface area (Å²) in [4.78, 5) is 25.5. The van der Waals surface area contributed by atoms with Crippen molar-refractivity contribution < 1.29 is 14.3 Å². The standard InChI is InChI=1S/C33H49NO3/c1-6-10-25(35)21-33(29(34)22-37-30(36)11-7-2)19-16-28-26-13-12-24-20-23(5)14-17-31(24,8-3)27(26)15-18-32(28,33)9-4/h8,20,26-28,34H,3,5-7,9-19,21-22H2,1-2,4H3/t26?,27?,28?,31?,32-,33-/m0/s1. The highest BCUT2D eigenvalue weighted by atomic mass is 16.5. The number of carbonyl (C=O) groups excluding carboxylic acids is 2. The van der Waals surface area contributed by atoms with Gasteiger partial charge in [0.05, 0.1) is 5.71 Å². The third-order valence-corrected chi connectivity index (χ3v) is 11.2. The molecule has 6 atom stereocenters.